The molecule has 1 aromatic heterocycles. The van der Waals surface area contributed by atoms with Crippen molar-refractivity contribution in [1.82, 2.24) is 5.43 Å². The fourth-order valence-corrected chi connectivity index (χ4v) is 4.55. The Labute approximate surface area is 223 Å². The van der Waals surface area contributed by atoms with Crippen molar-refractivity contribution in [2.24, 2.45) is 5.10 Å². The Hall–Kier alpha value is -2.63. The molecule has 0 fully saturated rings. The van der Waals surface area contributed by atoms with Gasteiger partial charge in [-0.15, -0.1) is 0 Å². The highest BCUT2D eigenvalue weighted by atomic mass is 16.4. The van der Waals surface area contributed by atoms with E-state index in [1.807, 2.05) is 37.2 Å². The summed E-state index contributed by atoms with van der Waals surface area (Å²) in [5.41, 5.74) is 4.43. The summed E-state index contributed by atoms with van der Waals surface area (Å²) in [6.45, 7) is 3.98. The van der Waals surface area contributed by atoms with E-state index in [-0.39, 0.29) is 5.91 Å². The van der Waals surface area contributed by atoms with E-state index in [9.17, 15) is 9.59 Å². The van der Waals surface area contributed by atoms with Crippen molar-refractivity contribution >= 4 is 28.3 Å². The summed E-state index contributed by atoms with van der Waals surface area (Å²) in [6.07, 6.45) is 20.0. The molecule has 206 valence electrons. The van der Waals surface area contributed by atoms with Crippen LogP contribution in [0.5, 0.6) is 0 Å². The number of hydrogen-bond donors (Lipinski definition) is 1. The van der Waals surface area contributed by atoms with Gasteiger partial charge in [-0.25, -0.2) is 10.2 Å². The second-order valence-corrected chi connectivity index (χ2v) is 10.5. The normalized spacial score (nSPS) is 11.7. The van der Waals surface area contributed by atoms with E-state index in [0.29, 0.717) is 23.3 Å². The third-order valence-corrected chi connectivity index (χ3v) is 6.98. The van der Waals surface area contributed by atoms with Crippen LogP contribution in [0.4, 0.5) is 5.69 Å². The molecule has 0 aliphatic heterocycles. The van der Waals surface area contributed by atoms with Crippen LogP contribution >= 0.6 is 0 Å². The first-order valence-corrected chi connectivity index (χ1v) is 14.5. The molecule has 37 heavy (non-hydrogen) atoms. The molecule has 6 heteroatoms. The average Bonchev–Trinajstić information content (AvgIpc) is 2.88. The van der Waals surface area contributed by atoms with Crippen molar-refractivity contribution in [2.45, 2.75) is 117 Å². The SMILES string of the molecule is CCCCCCCCCCCCCCCCCC(=O)N/N=C(\C)c1cc2ccc(N(C)C)cc2oc1=O. The number of nitrogens with one attached hydrogen (secondary N) is 1. The lowest BCUT2D eigenvalue weighted by atomic mass is 10.0. The molecule has 0 spiro atoms. The van der Waals surface area contributed by atoms with Gasteiger partial charge in [-0.2, -0.15) is 5.10 Å². The van der Waals surface area contributed by atoms with Crippen LogP contribution in [0, 0.1) is 0 Å². The van der Waals surface area contributed by atoms with Crippen LogP contribution in [-0.4, -0.2) is 25.7 Å². The van der Waals surface area contributed by atoms with Gasteiger partial charge in [0.2, 0.25) is 5.91 Å². The number of rotatable bonds is 19. The third kappa shape index (κ3) is 12.0. The Morgan fingerprint density at radius 3 is 1.92 bits per heavy atom. The topological polar surface area (TPSA) is 74.9 Å². The standard InChI is InChI=1S/C31H49N3O3/c1-5-6-7-8-9-10-11-12-13-14-15-16-17-18-19-20-30(35)33-32-25(2)28-23-26-21-22-27(34(3)4)24-29(26)37-31(28)36/h21-24H,5-20H2,1-4H3,(H,33,35)/b32-25+. The van der Waals surface area contributed by atoms with Crippen molar-refractivity contribution in [2.75, 3.05) is 19.0 Å². The molecule has 0 saturated carbocycles. The molecule has 0 unspecified atom stereocenters. The minimum Gasteiger partial charge on any atom is -0.422 e. The van der Waals surface area contributed by atoms with Gasteiger partial charge < -0.3 is 9.32 Å². The highest BCUT2D eigenvalue weighted by Crippen LogP contribution is 2.20. The Bertz CT molecular complexity index is 1030. The van der Waals surface area contributed by atoms with Crippen LogP contribution in [0.1, 0.15) is 122 Å². The molecule has 6 nitrogen and oxygen atoms in total. The van der Waals surface area contributed by atoms with Gasteiger partial charge in [0, 0.05) is 37.7 Å². The second kappa shape index (κ2) is 17.8. The number of carbonyl (C=O) groups is 1. The first-order valence-electron chi connectivity index (χ1n) is 14.5. The number of nitrogens with zero attached hydrogens (tertiary/aromatic N) is 2. The number of fused-ring (bicyclic) bond motifs is 1. The number of unbranched alkanes of at least 4 members (excludes halogenated alkanes) is 14. The van der Waals surface area contributed by atoms with Crippen molar-refractivity contribution in [1.29, 1.82) is 0 Å². The van der Waals surface area contributed by atoms with Crippen LogP contribution in [-0.2, 0) is 4.79 Å². The van der Waals surface area contributed by atoms with Crippen molar-refractivity contribution in [3.05, 3.63) is 40.2 Å². The predicted molar refractivity (Wildman–Crippen MR) is 157 cm³/mol. The third-order valence-electron chi connectivity index (χ3n) is 6.98. The molecule has 0 saturated heterocycles. The van der Waals surface area contributed by atoms with Crippen LogP contribution in [0.25, 0.3) is 11.0 Å². The van der Waals surface area contributed by atoms with Gasteiger partial charge in [-0.05, 0) is 31.5 Å². The quantitative estimate of drug-likeness (QED) is 0.0898. The zero-order valence-corrected chi connectivity index (χ0v) is 23.7. The predicted octanol–water partition coefficient (Wildman–Crippen LogP) is 7.96. The molecule has 2 aromatic rings. The average molecular weight is 512 g/mol. The fraction of sp³-hybridized carbons (Fsp3) is 0.645. The second-order valence-electron chi connectivity index (χ2n) is 10.5. The Balaban J connectivity index is 1.57. The smallest absolute Gasteiger partial charge is 0.345 e. The molecular formula is C31H49N3O3. The van der Waals surface area contributed by atoms with E-state index < -0.39 is 5.63 Å². The molecule has 1 heterocycles. The summed E-state index contributed by atoms with van der Waals surface area (Å²) in [4.78, 5) is 26.6. The van der Waals surface area contributed by atoms with E-state index >= 15 is 0 Å². The van der Waals surface area contributed by atoms with E-state index in [0.717, 1.165) is 23.9 Å². The minimum absolute atomic E-state index is 0.116. The largest absolute Gasteiger partial charge is 0.422 e. The van der Waals surface area contributed by atoms with Crippen molar-refractivity contribution in [3.8, 4) is 0 Å². The Morgan fingerprint density at radius 1 is 0.838 bits per heavy atom. The lowest BCUT2D eigenvalue weighted by Gasteiger charge is -2.12. The molecule has 0 radical (unpaired) electrons. The number of hydrazone groups is 1. The van der Waals surface area contributed by atoms with E-state index in [2.05, 4.69) is 17.5 Å². The summed E-state index contributed by atoms with van der Waals surface area (Å²) < 4.78 is 5.50. The van der Waals surface area contributed by atoms with Crippen LogP contribution in [0.3, 0.4) is 0 Å². The van der Waals surface area contributed by atoms with Gasteiger partial charge in [-0.3, -0.25) is 4.79 Å². The molecule has 1 amide bonds. The number of anilines is 1. The number of amides is 1. The number of carbonyl (C=O) groups excluding carboxylic acids is 1. The summed E-state index contributed by atoms with van der Waals surface area (Å²) in [6, 6.07) is 7.49. The monoisotopic (exact) mass is 511 g/mol. The summed E-state index contributed by atoms with van der Waals surface area (Å²) in [7, 11) is 3.87. The molecule has 0 bridgehead atoms. The maximum absolute atomic E-state index is 12.5. The Kier molecular flexibility index (Phi) is 14.7. The lowest BCUT2D eigenvalue weighted by molar-refractivity contribution is -0.121. The molecule has 1 N–H and O–H groups in total. The molecule has 0 atom stereocenters. The van der Waals surface area contributed by atoms with Gasteiger partial charge in [-0.1, -0.05) is 96.8 Å². The zero-order valence-electron chi connectivity index (χ0n) is 23.7. The Morgan fingerprint density at radius 2 is 1.38 bits per heavy atom. The fourth-order valence-electron chi connectivity index (χ4n) is 4.55. The lowest BCUT2D eigenvalue weighted by Crippen LogP contribution is -2.21. The maximum Gasteiger partial charge on any atom is 0.345 e. The van der Waals surface area contributed by atoms with Gasteiger partial charge in [0.15, 0.2) is 0 Å². The van der Waals surface area contributed by atoms with Gasteiger partial charge in [0.05, 0.1) is 11.3 Å². The van der Waals surface area contributed by atoms with Gasteiger partial charge in [0.25, 0.3) is 0 Å². The van der Waals surface area contributed by atoms with Crippen LogP contribution < -0.4 is 16.0 Å². The highest BCUT2D eigenvalue weighted by molar-refractivity contribution is 6.01. The first-order chi connectivity index (χ1) is 17.9. The molecule has 2 rings (SSSR count). The number of benzene rings is 1. The van der Waals surface area contributed by atoms with Crippen LogP contribution in [0.2, 0.25) is 0 Å². The first kappa shape index (κ1) is 30.6. The zero-order chi connectivity index (χ0) is 26.9. The molecule has 1 aromatic carbocycles. The van der Waals surface area contributed by atoms with Gasteiger partial charge in [0.1, 0.15) is 5.58 Å². The summed E-state index contributed by atoms with van der Waals surface area (Å²) in [5, 5.41) is 4.96. The van der Waals surface area contributed by atoms with E-state index in [4.69, 9.17) is 4.42 Å². The van der Waals surface area contributed by atoms with E-state index in [1.54, 1.807) is 13.0 Å². The molecule has 0 aliphatic carbocycles. The van der Waals surface area contributed by atoms with E-state index in [1.165, 1.54) is 83.5 Å². The minimum atomic E-state index is -0.457. The maximum atomic E-state index is 12.5. The highest BCUT2D eigenvalue weighted by Gasteiger charge is 2.10. The summed E-state index contributed by atoms with van der Waals surface area (Å²) in [5.74, 6) is -0.116. The van der Waals surface area contributed by atoms with Crippen LogP contribution in [0.15, 0.2) is 38.6 Å². The summed E-state index contributed by atoms with van der Waals surface area (Å²) >= 11 is 0. The van der Waals surface area contributed by atoms with Crippen molar-refractivity contribution < 1.29 is 9.21 Å². The number of hydrogen-bond acceptors (Lipinski definition) is 5. The van der Waals surface area contributed by atoms with Gasteiger partial charge >= 0.3 is 5.63 Å². The molecule has 0 aliphatic rings. The molecular weight excluding hydrogens is 462 g/mol. The van der Waals surface area contributed by atoms with Crippen molar-refractivity contribution in [3.63, 3.8) is 0 Å².